The summed E-state index contributed by atoms with van der Waals surface area (Å²) in [6.07, 6.45) is 5.89. The van der Waals surface area contributed by atoms with Crippen LogP contribution in [-0.4, -0.2) is 12.1 Å². The average molecular weight is 220 g/mol. The minimum Gasteiger partial charge on any atom is -0.481 e. The van der Waals surface area contributed by atoms with Gasteiger partial charge in [0, 0.05) is 17.3 Å². The lowest BCUT2D eigenvalue weighted by Gasteiger charge is -2.34. The second kappa shape index (κ2) is 4.42. The highest BCUT2D eigenvalue weighted by Gasteiger charge is 2.30. The van der Waals surface area contributed by atoms with Crippen molar-refractivity contribution < 1.29 is 4.74 Å². The third-order valence-electron chi connectivity index (χ3n) is 3.46. The Morgan fingerprint density at radius 1 is 1.25 bits per heavy atom. The van der Waals surface area contributed by atoms with Crippen molar-refractivity contribution in [2.75, 3.05) is 7.11 Å². The maximum Gasteiger partial charge on any atom is 0.213 e. The number of hydrogen-bond donors (Lipinski definition) is 1. The number of nitrogens with zero attached hydrogens (tertiary/aromatic N) is 1. The lowest BCUT2D eigenvalue weighted by atomic mass is 9.77. The first-order chi connectivity index (χ1) is 7.64. The summed E-state index contributed by atoms with van der Waals surface area (Å²) in [5.74, 6) is 0.672. The molecule has 16 heavy (non-hydrogen) atoms. The minimum atomic E-state index is -0.167. The van der Waals surface area contributed by atoms with E-state index >= 15 is 0 Å². The van der Waals surface area contributed by atoms with E-state index in [0.717, 1.165) is 18.5 Å². The highest BCUT2D eigenvalue weighted by atomic mass is 16.5. The predicted molar refractivity (Wildman–Crippen MR) is 64.5 cm³/mol. The van der Waals surface area contributed by atoms with Crippen molar-refractivity contribution in [3.63, 3.8) is 0 Å². The standard InChI is InChI=1S/C13H20N2O/c1-10-8-11(9-12(15-10)16-2)13(14)6-4-3-5-7-13/h8-9H,3-7,14H2,1-2H3. The summed E-state index contributed by atoms with van der Waals surface area (Å²) >= 11 is 0. The highest BCUT2D eigenvalue weighted by Crippen LogP contribution is 2.35. The fourth-order valence-electron chi connectivity index (χ4n) is 2.50. The highest BCUT2D eigenvalue weighted by molar-refractivity contribution is 5.31. The topological polar surface area (TPSA) is 48.1 Å². The van der Waals surface area contributed by atoms with Crippen molar-refractivity contribution in [1.29, 1.82) is 0 Å². The molecule has 88 valence electrons. The molecule has 1 aromatic heterocycles. The Balaban J connectivity index is 2.34. The Kier molecular flexibility index (Phi) is 3.15. The number of ether oxygens (including phenoxy) is 1. The molecular weight excluding hydrogens is 200 g/mol. The number of aryl methyl sites for hydroxylation is 1. The maximum atomic E-state index is 6.49. The summed E-state index contributed by atoms with van der Waals surface area (Å²) in [5, 5.41) is 0. The number of hydrogen-bond acceptors (Lipinski definition) is 3. The van der Waals surface area contributed by atoms with Crippen LogP contribution in [0.1, 0.15) is 43.4 Å². The van der Waals surface area contributed by atoms with Gasteiger partial charge in [-0.1, -0.05) is 19.3 Å². The fraction of sp³-hybridized carbons (Fsp3) is 0.615. The third kappa shape index (κ3) is 2.19. The molecular formula is C13H20N2O. The van der Waals surface area contributed by atoms with E-state index in [0.29, 0.717) is 5.88 Å². The van der Waals surface area contributed by atoms with E-state index < -0.39 is 0 Å². The van der Waals surface area contributed by atoms with E-state index in [2.05, 4.69) is 11.1 Å². The van der Waals surface area contributed by atoms with Gasteiger partial charge >= 0.3 is 0 Å². The van der Waals surface area contributed by atoms with Crippen LogP contribution in [0.4, 0.5) is 0 Å². The number of methoxy groups -OCH3 is 1. The molecule has 3 nitrogen and oxygen atoms in total. The first-order valence-corrected chi connectivity index (χ1v) is 5.96. The normalized spacial score (nSPS) is 19.4. The van der Waals surface area contributed by atoms with Gasteiger partial charge in [0.05, 0.1) is 7.11 Å². The molecule has 0 atom stereocenters. The van der Waals surface area contributed by atoms with Gasteiger partial charge in [-0.15, -0.1) is 0 Å². The Labute approximate surface area is 97.0 Å². The predicted octanol–water partition coefficient (Wildman–Crippen LogP) is 2.52. The zero-order valence-corrected chi connectivity index (χ0v) is 10.1. The molecule has 1 aliphatic rings. The van der Waals surface area contributed by atoms with Crippen LogP contribution in [0.2, 0.25) is 0 Å². The van der Waals surface area contributed by atoms with Crippen LogP contribution in [0.25, 0.3) is 0 Å². The first kappa shape index (κ1) is 11.4. The summed E-state index contributed by atoms with van der Waals surface area (Å²) in [5.41, 5.74) is 8.48. The fourth-order valence-corrected chi connectivity index (χ4v) is 2.50. The molecule has 1 aliphatic carbocycles. The van der Waals surface area contributed by atoms with Crippen molar-refractivity contribution >= 4 is 0 Å². The summed E-state index contributed by atoms with van der Waals surface area (Å²) in [7, 11) is 1.65. The Morgan fingerprint density at radius 3 is 2.56 bits per heavy atom. The van der Waals surface area contributed by atoms with Crippen molar-refractivity contribution in [1.82, 2.24) is 4.98 Å². The van der Waals surface area contributed by atoms with Gasteiger partial charge in [-0.25, -0.2) is 4.98 Å². The van der Waals surface area contributed by atoms with Crippen LogP contribution in [-0.2, 0) is 5.54 Å². The van der Waals surface area contributed by atoms with Gasteiger partial charge in [0.2, 0.25) is 5.88 Å². The lowest BCUT2D eigenvalue weighted by molar-refractivity contribution is 0.300. The van der Waals surface area contributed by atoms with Gasteiger partial charge in [0.1, 0.15) is 0 Å². The average Bonchev–Trinajstić information content (AvgIpc) is 2.29. The number of nitrogens with two attached hydrogens (primary N) is 1. The molecule has 0 bridgehead atoms. The summed E-state index contributed by atoms with van der Waals surface area (Å²) in [6, 6.07) is 4.08. The first-order valence-electron chi connectivity index (χ1n) is 5.96. The Hall–Kier alpha value is -1.09. The van der Waals surface area contributed by atoms with Crippen molar-refractivity contribution in [3.05, 3.63) is 23.4 Å². The zero-order chi connectivity index (χ0) is 11.6. The molecule has 0 radical (unpaired) electrons. The lowest BCUT2D eigenvalue weighted by Crippen LogP contribution is -2.38. The van der Waals surface area contributed by atoms with E-state index in [1.807, 2.05) is 13.0 Å². The van der Waals surface area contributed by atoms with E-state index in [1.165, 1.54) is 24.8 Å². The molecule has 1 aromatic rings. The molecule has 0 amide bonds. The second-order valence-electron chi connectivity index (χ2n) is 4.76. The molecule has 2 rings (SSSR count). The largest absolute Gasteiger partial charge is 0.481 e. The van der Waals surface area contributed by atoms with Gasteiger partial charge in [0.25, 0.3) is 0 Å². The molecule has 0 spiro atoms. The van der Waals surface area contributed by atoms with Crippen molar-refractivity contribution in [2.24, 2.45) is 5.73 Å². The number of aromatic nitrogens is 1. The van der Waals surface area contributed by atoms with Crippen molar-refractivity contribution in [2.45, 2.75) is 44.6 Å². The van der Waals surface area contributed by atoms with Crippen LogP contribution in [0.3, 0.4) is 0 Å². The maximum absolute atomic E-state index is 6.49. The van der Waals surface area contributed by atoms with Crippen LogP contribution in [0.15, 0.2) is 12.1 Å². The van der Waals surface area contributed by atoms with E-state index in [1.54, 1.807) is 7.11 Å². The van der Waals surface area contributed by atoms with Gasteiger partial charge in [-0.05, 0) is 31.4 Å². The quantitative estimate of drug-likeness (QED) is 0.833. The molecule has 2 N–H and O–H groups in total. The SMILES string of the molecule is COc1cc(C2(N)CCCCC2)cc(C)n1. The summed E-state index contributed by atoms with van der Waals surface area (Å²) in [4.78, 5) is 4.30. The molecule has 0 saturated heterocycles. The van der Waals surface area contributed by atoms with E-state index in [-0.39, 0.29) is 5.54 Å². The molecule has 0 aliphatic heterocycles. The van der Waals surface area contributed by atoms with Crippen LogP contribution in [0, 0.1) is 6.92 Å². The second-order valence-corrected chi connectivity index (χ2v) is 4.76. The molecule has 1 saturated carbocycles. The van der Waals surface area contributed by atoms with Crippen LogP contribution < -0.4 is 10.5 Å². The summed E-state index contributed by atoms with van der Waals surface area (Å²) < 4.78 is 5.20. The molecule has 1 heterocycles. The molecule has 0 unspecified atom stereocenters. The van der Waals surface area contributed by atoms with Gasteiger partial charge in [-0.3, -0.25) is 0 Å². The zero-order valence-electron chi connectivity index (χ0n) is 10.1. The van der Waals surface area contributed by atoms with E-state index in [9.17, 15) is 0 Å². The van der Waals surface area contributed by atoms with Gasteiger partial charge in [-0.2, -0.15) is 0 Å². The van der Waals surface area contributed by atoms with E-state index in [4.69, 9.17) is 10.5 Å². The molecule has 1 fully saturated rings. The van der Waals surface area contributed by atoms with Crippen LogP contribution in [0.5, 0.6) is 5.88 Å². The number of pyridine rings is 1. The molecule has 3 heteroatoms. The van der Waals surface area contributed by atoms with Gasteiger partial charge < -0.3 is 10.5 Å². The number of rotatable bonds is 2. The summed E-state index contributed by atoms with van der Waals surface area (Å²) in [6.45, 7) is 1.98. The van der Waals surface area contributed by atoms with Crippen LogP contribution >= 0.6 is 0 Å². The Bertz CT molecular complexity index is 370. The monoisotopic (exact) mass is 220 g/mol. The Morgan fingerprint density at radius 2 is 1.94 bits per heavy atom. The van der Waals surface area contributed by atoms with Crippen molar-refractivity contribution in [3.8, 4) is 5.88 Å². The molecule has 0 aromatic carbocycles. The minimum absolute atomic E-state index is 0.167. The smallest absolute Gasteiger partial charge is 0.213 e. The third-order valence-corrected chi connectivity index (χ3v) is 3.46. The van der Waals surface area contributed by atoms with Gasteiger partial charge in [0.15, 0.2) is 0 Å².